The van der Waals surface area contributed by atoms with E-state index in [1.807, 2.05) is 0 Å². The first-order chi connectivity index (χ1) is 8.90. The van der Waals surface area contributed by atoms with Gasteiger partial charge in [0.1, 0.15) is 16.6 Å². The van der Waals surface area contributed by atoms with Crippen LogP contribution < -0.4 is 5.43 Å². The van der Waals surface area contributed by atoms with Crippen molar-refractivity contribution in [1.29, 1.82) is 0 Å². The fraction of sp³-hybridized carbons (Fsp3) is 0.273. The van der Waals surface area contributed by atoms with Crippen LogP contribution in [0.2, 0.25) is 0 Å². The van der Waals surface area contributed by atoms with Gasteiger partial charge in [0.25, 0.3) is 0 Å². The van der Waals surface area contributed by atoms with Gasteiger partial charge in [-0.1, -0.05) is 12.1 Å². The molecule has 1 aliphatic heterocycles. The van der Waals surface area contributed by atoms with Gasteiger partial charge in [-0.05, 0) is 19.1 Å². The Morgan fingerprint density at radius 2 is 2.11 bits per heavy atom. The first kappa shape index (κ1) is 13.5. The maximum absolute atomic E-state index is 13.5. The van der Waals surface area contributed by atoms with E-state index in [0.29, 0.717) is 5.71 Å². The molecule has 1 N–H and O–H groups in total. The second-order valence-corrected chi connectivity index (χ2v) is 6.06. The molecule has 1 heterocycles. The van der Waals surface area contributed by atoms with Gasteiger partial charge in [-0.15, -0.1) is 0 Å². The summed E-state index contributed by atoms with van der Waals surface area (Å²) in [6, 6.07) is 4.45. The molecule has 0 aromatic heterocycles. The van der Waals surface area contributed by atoms with Crippen molar-refractivity contribution in [3.63, 3.8) is 0 Å². The molecule has 1 aromatic rings. The average molecular weight is 285 g/mol. The standard InChI is InChI=1S/C11H12FN3O3S/c1-8-6-15(11(16)14-13-8)7-19(17,18)10-5-3-2-4-9(10)12/h2-5H,6-7H2,1H3,(H,14,16). The van der Waals surface area contributed by atoms with Gasteiger partial charge in [0.15, 0.2) is 9.84 Å². The van der Waals surface area contributed by atoms with Crippen molar-refractivity contribution in [2.75, 3.05) is 12.4 Å². The number of benzene rings is 1. The van der Waals surface area contributed by atoms with Crippen molar-refractivity contribution in [2.24, 2.45) is 5.10 Å². The molecule has 1 aromatic carbocycles. The number of nitrogens with one attached hydrogen (secondary N) is 1. The molecule has 0 saturated carbocycles. The zero-order valence-corrected chi connectivity index (χ0v) is 10.9. The van der Waals surface area contributed by atoms with E-state index in [2.05, 4.69) is 10.5 Å². The third kappa shape index (κ3) is 2.90. The smallest absolute Gasteiger partial charge is 0.303 e. The van der Waals surface area contributed by atoms with E-state index in [4.69, 9.17) is 0 Å². The topological polar surface area (TPSA) is 78.8 Å². The molecule has 19 heavy (non-hydrogen) atoms. The molecule has 8 heteroatoms. The lowest BCUT2D eigenvalue weighted by molar-refractivity contribution is 0.209. The average Bonchev–Trinajstić information content (AvgIpc) is 2.34. The highest BCUT2D eigenvalue weighted by Gasteiger charge is 2.27. The Kier molecular flexibility index (Phi) is 3.52. The number of amides is 2. The zero-order valence-electron chi connectivity index (χ0n) is 10.1. The number of hydrogen-bond acceptors (Lipinski definition) is 4. The largest absolute Gasteiger partial charge is 0.339 e. The number of hydrazone groups is 1. The van der Waals surface area contributed by atoms with Crippen LogP contribution in [0.25, 0.3) is 0 Å². The van der Waals surface area contributed by atoms with Gasteiger partial charge in [0.2, 0.25) is 0 Å². The second kappa shape index (κ2) is 4.96. The summed E-state index contributed by atoms with van der Waals surface area (Å²) in [5.41, 5.74) is 2.76. The summed E-state index contributed by atoms with van der Waals surface area (Å²) in [4.78, 5) is 12.1. The number of carbonyl (C=O) groups is 1. The Morgan fingerprint density at radius 1 is 1.42 bits per heavy atom. The Bertz CT molecular complexity index is 642. The van der Waals surface area contributed by atoms with Gasteiger partial charge >= 0.3 is 6.03 Å². The van der Waals surface area contributed by atoms with Crippen LogP contribution in [0, 0.1) is 5.82 Å². The molecular weight excluding hydrogens is 273 g/mol. The predicted molar refractivity (Wildman–Crippen MR) is 66.8 cm³/mol. The summed E-state index contributed by atoms with van der Waals surface area (Å²) in [5.74, 6) is -1.42. The number of urea groups is 1. The minimum absolute atomic E-state index is 0.0967. The number of sulfone groups is 1. The normalized spacial score (nSPS) is 16.0. The molecule has 2 rings (SSSR count). The van der Waals surface area contributed by atoms with Gasteiger partial charge in [0.05, 0.1) is 12.3 Å². The van der Waals surface area contributed by atoms with Crippen LogP contribution in [-0.2, 0) is 9.84 Å². The lowest BCUT2D eigenvalue weighted by Crippen LogP contribution is -2.47. The van der Waals surface area contributed by atoms with Crippen molar-refractivity contribution in [3.8, 4) is 0 Å². The maximum atomic E-state index is 13.5. The fourth-order valence-corrected chi connectivity index (χ4v) is 3.08. The highest BCUT2D eigenvalue weighted by molar-refractivity contribution is 7.91. The molecule has 6 nitrogen and oxygen atoms in total. The van der Waals surface area contributed by atoms with E-state index in [9.17, 15) is 17.6 Å². The number of rotatable bonds is 3. The van der Waals surface area contributed by atoms with Crippen LogP contribution >= 0.6 is 0 Å². The molecule has 0 spiro atoms. The van der Waals surface area contributed by atoms with Crippen molar-refractivity contribution in [1.82, 2.24) is 10.3 Å². The van der Waals surface area contributed by atoms with E-state index in [1.54, 1.807) is 6.92 Å². The summed E-state index contributed by atoms with van der Waals surface area (Å²) in [7, 11) is -3.91. The number of hydrogen-bond donors (Lipinski definition) is 1. The van der Waals surface area contributed by atoms with Crippen molar-refractivity contribution >= 4 is 21.6 Å². The number of nitrogens with zero attached hydrogens (tertiary/aromatic N) is 2. The number of halogens is 1. The van der Waals surface area contributed by atoms with E-state index >= 15 is 0 Å². The molecule has 1 aliphatic rings. The molecule has 0 bridgehead atoms. The molecule has 0 saturated heterocycles. The predicted octanol–water partition coefficient (Wildman–Crippen LogP) is 0.958. The highest BCUT2D eigenvalue weighted by atomic mass is 32.2. The molecule has 0 aliphatic carbocycles. The lowest BCUT2D eigenvalue weighted by Gasteiger charge is -2.25. The van der Waals surface area contributed by atoms with Crippen LogP contribution in [0.15, 0.2) is 34.3 Å². The van der Waals surface area contributed by atoms with Gasteiger partial charge in [-0.3, -0.25) is 0 Å². The van der Waals surface area contributed by atoms with E-state index in [-0.39, 0.29) is 6.54 Å². The zero-order chi connectivity index (χ0) is 14.0. The SMILES string of the molecule is CC1=NNC(=O)N(CS(=O)(=O)c2ccccc2F)C1. The van der Waals surface area contributed by atoms with Crippen LogP contribution in [0.3, 0.4) is 0 Å². The summed E-state index contributed by atoms with van der Waals surface area (Å²) in [6.45, 7) is 1.75. The molecule has 0 atom stereocenters. The Hall–Kier alpha value is -1.96. The lowest BCUT2D eigenvalue weighted by atomic mass is 10.3. The van der Waals surface area contributed by atoms with E-state index in [1.165, 1.54) is 18.2 Å². The Balaban J connectivity index is 2.25. The summed E-state index contributed by atoms with van der Waals surface area (Å²) in [5, 5.41) is 3.69. The van der Waals surface area contributed by atoms with Gasteiger partial charge in [-0.2, -0.15) is 5.10 Å². The minimum atomic E-state index is -3.91. The van der Waals surface area contributed by atoms with Crippen molar-refractivity contribution in [2.45, 2.75) is 11.8 Å². The van der Waals surface area contributed by atoms with Gasteiger partial charge in [-0.25, -0.2) is 23.0 Å². The summed E-state index contributed by atoms with van der Waals surface area (Å²) < 4.78 is 37.6. The van der Waals surface area contributed by atoms with E-state index in [0.717, 1.165) is 11.0 Å². The monoisotopic (exact) mass is 285 g/mol. The minimum Gasteiger partial charge on any atom is -0.303 e. The molecule has 0 radical (unpaired) electrons. The third-order valence-corrected chi connectivity index (χ3v) is 4.20. The van der Waals surface area contributed by atoms with E-state index < -0.39 is 32.5 Å². The fourth-order valence-electron chi connectivity index (χ4n) is 1.67. The summed E-state index contributed by atoms with van der Waals surface area (Å²) >= 11 is 0. The number of carbonyl (C=O) groups excluding carboxylic acids is 1. The first-order valence-electron chi connectivity index (χ1n) is 5.45. The molecule has 0 fully saturated rings. The third-order valence-electron chi connectivity index (χ3n) is 2.55. The molecular formula is C11H12FN3O3S. The van der Waals surface area contributed by atoms with Crippen LogP contribution in [0.1, 0.15) is 6.92 Å². The van der Waals surface area contributed by atoms with Crippen molar-refractivity contribution in [3.05, 3.63) is 30.1 Å². The molecule has 2 amide bonds. The Morgan fingerprint density at radius 3 is 2.79 bits per heavy atom. The quantitative estimate of drug-likeness (QED) is 0.898. The first-order valence-corrected chi connectivity index (χ1v) is 7.11. The van der Waals surface area contributed by atoms with Crippen LogP contribution in [0.4, 0.5) is 9.18 Å². The molecule has 102 valence electrons. The second-order valence-electron chi connectivity index (χ2n) is 4.14. The Labute approximate surface area is 109 Å². The highest BCUT2D eigenvalue weighted by Crippen LogP contribution is 2.16. The van der Waals surface area contributed by atoms with Crippen LogP contribution in [0.5, 0.6) is 0 Å². The van der Waals surface area contributed by atoms with Gasteiger partial charge in [0, 0.05) is 0 Å². The van der Waals surface area contributed by atoms with Crippen LogP contribution in [-0.4, -0.2) is 37.5 Å². The molecule has 0 unspecified atom stereocenters. The van der Waals surface area contributed by atoms with Gasteiger partial charge < -0.3 is 4.90 Å². The summed E-state index contributed by atoms with van der Waals surface area (Å²) in [6.07, 6.45) is 0. The van der Waals surface area contributed by atoms with Crippen molar-refractivity contribution < 1.29 is 17.6 Å². The maximum Gasteiger partial charge on any atom is 0.339 e.